The highest BCUT2D eigenvalue weighted by Crippen LogP contribution is 2.28. The number of H-pyrrole nitrogens is 1. The molecule has 0 bridgehead atoms. The van der Waals surface area contributed by atoms with E-state index < -0.39 is 0 Å². The normalized spacial score (nSPS) is 11.2. The number of nitrogens with one attached hydrogen (secondary N) is 1. The molecule has 120 valence electrons. The molecule has 0 atom stereocenters. The lowest BCUT2D eigenvalue weighted by molar-refractivity contribution is 0.627. The van der Waals surface area contributed by atoms with Crippen LogP contribution in [0.5, 0.6) is 0 Å². The number of pyridine rings is 1. The summed E-state index contributed by atoms with van der Waals surface area (Å²) in [6.07, 6.45) is 3.46. The van der Waals surface area contributed by atoms with E-state index in [0.717, 1.165) is 41.0 Å². The lowest BCUT2D eigenvalue weighted by atomic mass is 10.1. The van der Waals surface area contributed by atoms with Gasteiger partial charge in [-0.25, -0.2) is 14.4 Å². The molecule has 0 aliphatic carbocycles. The van der Waals surface area contributed by atoms with Crippen molar-refractivity contribution in [2.75, 3.05) is 0 Å². The molecule has 5 heteroatoms. The van der Waals surface area contributed by atoms with Gasteiger partial charge in [-0.15, -0.1) is 11.3 Å². The van der Waals surface area contributed by atoms with Crippen molar-refractivity contribution in [3.8, 4) is 10.4 Å². The molecule has 0 radical (unpaired) electrons. The molecule has 0 amide bonds. The highest BCUT2D eigenvalue weighted by atomic mass is 32.1. The molecular weight excluding hydrogens is 321 g/mol. The van der Waals surface area contributed by atoms with Gasteiger partial charge in [0.2, 0.25) is 0 Å². The van der Waals surface area contributed by atoms with E-state index in [0.29, 0.717) is 0 Å². The van der Waals surface area contributed by atoms with Gasteiger partial charge in [-0.2, -0.15) is 0 Å². The van der Waals surface area contributed by atoms with Gasteiger partial charge in [0.05, 0.1) is 5.52 Å². The van der Waals surface area contributed by atoms with E-state index in [9.17, 15) is 4.39 Å². The monoisotopic (exact) mass is 337 g/mol. The fraction of sp³-hybridized carbons (Fsp3) is 0.158. The van der Waals surface area contributed by atoms with Crippen molar-refractivity contribution >= 4 is 22.5 Å². The first kappa shape index (κ1) is 15.0. The lowest BCUT2D eigenvalue weighted by Gasteiger charge is -1.98. The molecule has 0 unspecified atom stereocenters. The molecular formula is C19H16FN3S. The van der Waals surface area contributed by atoms with Crippen LogP contribution in [0.25, 0.3) is 21.6 Å². The number of aromatic nitrogens is 3. The van der Waals surface area contributed by atoms with Crippen LogP contribution in [-0.2, 0) is 12.8 Å². The van der Waals surface area contributed by atoms with Crippen molar-refractivity contribution in [1.82, 2.24) is 15.0 Å². The molecule has 1 N–H and O–H groups in total. The number of fused-ring (bicyclic) bond motifs is 1. The summed E-state index contributed by atoms with van der Waals surface area (Å²) < 4.78 is 12.9. The zero-order valence-electron chi connectivity index (χ0n) is 13.2. The second-order valence-corrected chi connectivity index (χ2v) is 6.80. The number of thiophene rings is 1. The third-order valence-corrected chi connectivity index (χ3v) is 5.06. The number of halogens is 1. The number of hydrogen-bond donors (Lipinski definition) is 1. The first-order chi connectivity index (χ1) is 11.7. The summed E-state index contributed by atoms with van der Waals surface area (Å²) in [6.45, 7) is 2.09. The number of imidazole rings is 1. The molecule has 0 spiro atoms. The van der Waals surface area contributed by atoms with Crippen LogP contribution in [0.1, 0.15) is 17.0 Å². The molecule has 0 saturated heterocycles. The molecule has 0 aliphatic heterocycles. The summed E-state index contributed by atoms with van der Waals surface area (Å²) in [5.41, 5.74) is 5.15. The van der Waals surface area contributed by atoms with Gasteiger partial charge >= 0.3 is 0 Å². The van der Waals surface area contributed by atoms with Crippen LogP contribution >= 0.6 is 11.3 Å². The van der Waals surface area contributed by atoms with E-state index >= 15 is 0 Å². The van der Waals surface area contributed by atoms with Crippen LogP contribution < -0.4 is 0 Å². The Morgan fingerprint density at radius 3 is 2.71 bits per heavy atom. The van der Waals surface area contributed by atoms with E-state index in [2.05, 4.69) is 39.4 Å². The minimum Gasteiger partial charge on any atom is -0.341 e. The van der Waals surface area contributed by atoms with E-state index in [1.54, 1.807) is 11.3 Å². The molecule has 3 aromatic heterocycles. The summed E-state index contributed by atoms with van der Waals surface area (Å²) in [7, 11) is 0. The van der Waals surface area contributed by atoms with Gasteiger partial charge in [-0.3, -0.25) is 0 Å². The van der Waals surface area contributed by atoms with Gasteiger partial charge in [0.25, 0.3) is 0 Å². The standard InChI is InChI=1S/C19H16FN3S/c1-12-8-17(24-11-12)14-9-16-19(21-10-14)23-18(22-16)7-4-13-2-5-15(20)6-3-13/h2-3,5-6,8-11H,4,7H2,1H3,(H,21,22,23). The molecule has 1 aromatic carbocycles. The first-order valence-electron chi connectivity index (χ1n) is 7.82. The Labute approximate surface area is 143 Å². The number of benzene rings is 1. The van der Waals surface area contributed by atoms with Gasteiger partial charge in [0.15, 0.2) is 5.65 Å². The topological polar surface area (TPSA) is 41.6 Å². The summed E-state index contributed by atoms with van der Waals surface area (Å²) in [6, 6.07) is 10.9. The van der Waals surface area contributed by atoms with Crippen molar-refractivity contribution in [3.05, 3.63) is 70.7 Å². The zero-order valence-corrected chi connectivity index (χ0v) is 14.0. The Hall–Kier alpha value is -2.53. The number of aromatic amines is 1. The Bertz CT molecular complexity index is 985. The lowest BCUT2D eigenvalue weighted by Crippen LogP contribution is -1.93. The smallest absolute Gasteiger partial charge is 0.177 e. The minimum absolute atomic E-state index is 0.206. The number of aryl methyl sites for hydroxylation is 3. The molecule has 3 heterocycles. The number of nitrogens with zero attached hydrogens (tertiary/aromatic N) is 2. The second kappa shape index (κ2) is 6.17. The van der Waals surface area contributed by atoms with E-state index in [4.69, 9.17) is 0 Å². The number of hydrogen-bond acceptors (Lipinski definition) is 3. The van der Waals surface area contributed by atoms with E-state index in [1.807, 2.05) is 18.3 Å². The predicted molar refractivity (Wildman–Crippen MR) is 95.7 cm³/mol. The maximum absolute atomic E-state index is 12.9. The molecule has 0 aliphatic rings. The van der Waals surface area contributed by atoms with Gasteiger partial charge in [0.1, 0.15) is 11.6 Å². The van der Waals surface area contributed by atoms with Crippen molar-refractivity contribution in [2.45, 2.75) is 19.8 Å². The van der Waals surface area contributed by atoms with Crippen molar-refractivity contribution in [1.29, 1.82) is 0 Å². The fourth-order valence-corrected chi connectivity index (χ4v) is 3.58. The summed E-state index contributed by atoms with van der Waals surface area (Å²) >= 11 is 1.72. The quantitative estimate of drug-likeness (QED) is 0.574. The summed E-state index contributed by atoms with van der Waals surface area (Å²) in [5.74, 6) is 0.698. The Balaban J connectivity index is 1.55. The Morgan fingerprint density at radius 1 is 1.12 bits per heavy atom. The first-order valence-corrected chi connectivity index (χ1v) is 8.70. The van der Waals surface area contributed by atoms with Crippen LogP contribution in [-0.4, -0.2) is 15.0 Å². The van der Waals surface area contributed by atoms with Crippen LogP contribution in [0.3, 0.4) is 0 Å². The molecule has 3 nitrogen and oxygen atoms in total. The highest BCUT2D eigenvalue weighted by Gasteiger charge is 2.08. The van der Waals surface area contributed by atoms with Crippen molar-refractivity contribution in [3.63, 3.8) is 0 Å². The largest absolute Gasteiger partial charge is 0.341 e. The van der Waals surface area contributed by atoms with Gasteiger partial charge in [0, 0.05) is 23.1 Å². The van der Waals surface area contributed by atoms with Gasteiger partial charge in [-0.1, -0.05) is 12.1 Å². The third kappa shape index (κ3) is 3.08. The average molecular weight is 337 g/mol. The number of rotatable bonds is 4. The molecule has 0 saturated carbocycles. The van der Waals surface area contributed by atoms with E-state index in [1.165, 1.54) is 22.6 Å². The fourth-order valence-electron chi connectivity index (χ4n) is 2.70. The maximum atomic E-state index is 12.9. The zero-order chi connectivity index (χ0) is 16.5. The van der Waals surface area contributed by atoms with Crippen LogP contribution in [0.2, 0.25) is 0 Å². The maximum Gasteiger partial charge on any atom is 0.177 e. The van der Waals surface area contributed by atoms with Crippen LogP contribution in [0, 0.1) is 12.7 Å². The minimum atomic E-state index is -0.206. The third-order valence-electron chi connectivity index (χ3n) is 3.97. The van der Waals surface area contributed by atoms with Gasteiger partial charge < -0.3 is 4.98 Å². The van der Waals surface area contributed by atoms with Gasteiger partial charge in [-0.05, 0) is 54.1 Å². The Morgan fingerprint density at radius 2 is 1.96 bits per heavy atom. The molecule has 0 fully saturated rings. The molecule has 4 rings (SSSR count). The Kier molecular flexibility index (Phi) is 3.86. The van der Waals surface area contributed by atoms with E-state index in [-0.39, 0.29) is 5.82 Å². The SMILES string of the molecule is Cc1csc(-c2cnc3nc(CCc4ccc(F)cc4)[nH]c3c2)c1. The van der Waals surface area contributed by atoms with Crippen LogP contribution in [0.4, 0.5) is 4.39 Å². The van der Waals surface area contributed by atoms with Crippen molar-refractivity contribution < 1.29 is 4.39 Å². The average Bonchev–Trinajstić information content (AvgIpc) is 3.19. The predicted octanol–water partition coefficient (Wildman–Crippen LogP) is 4.92. The second-order valence-electron chi connectivity index (χ2n) is 5.89. The molecule has 4 aromatic rings. The molecule has 24 heavy (non-hydrogen) atoms. The van der Waals surface area contributed by atoms with Crippen molar-refractivity contribution in [2.24, 2.45) is 0 Å². The highest BCUT2D eigenvalue weighted by molar-refractivity contribution is 7.13. The summed E-state index contributed by atoms with van der Waals surface area (Å²) in [5, 5.41) is 2.14. The van der Waals surface area contributed by atoms with Crippen LogP contribution in [0.15, 0.2) is 48.0 Å². The summed E-state index contributed by atoms with van der Waals surface area (Å²) in [4.78, 5) is 13.6.